The van der Waals surface area contributed by atoms with Gasteiger partial charge in [-0.1, -0.05) is 35.9 Å². The lowest BCUT2D eigenvalue weighted by Gasteiger charge is -2.11. The molecule has 0 aliphatic carbocycles. The topological polar surface area (TPSA) is 55.6 Å². The standard InChI is InChI=1S/C16H17N5/c1-12-4-3-5-14(8-12)10-17-16-9-15(7-6-13(16)2)21-11-18-19-20-21/h3-9,11,17H,10H2,1-2H3. The van der Waals surface area contributed by atoms with E-state index in [2.05, 4.69) is 71.1 Å². The molecule has 1 heterocycles. The fourth-order valence-electron chi connectivity index (χ4n) is 2.24. The number of hydrogen-bond acceptors (Lipinski definition) is 4. The lowest BCUT2D eigenvalue weighted by Crippen LogP contribution is -2.03. The van der Waals surface area contributed by atoms with Crippen molar-refractivity contribution in [2.45, 2.75) is 20.4 Å². The molecule has 21 heavy (non-hydrogen) atoms. The third-order valence-electron chi connectivity index (χ3n) is 3.40. The highest BCUT2D eigenvalue weighted by molar-refractivity contribution is 5.56. The Labute approximate surface area is 123 Å². The number of nitrogens with zero attached hydrogens (tertiary/aromatic N) is 4. The summed E-state index contributed by atoms with van der Waals surface area (Å²) in [4.78, 5) is 0. The Hall–Kier alpha value is -2.69. The van der Waals surface area contributed by atoms with Gasteiger partial charge in [0.1, 0.15) is 6.33 Å². The van der Waals surface area contributed by atoms with Crippen LogP contribution < -0.4 is 5.32 Å². The van der Waals surface area contributed by atoms with Crippen LogP contribution in [0.4, 0.5) is 5.69 Å². The number of tetrazole rings is 1. The van der Waals surface area contributed by atoms with Gasteiger partial charge in [0.25, 0.3) is 0 Å². The van der Waals surface area contributed by atoms with E-state index < -0.39 is 0 Å². The van der Waals surface area contributed by atoms with E-state index in [0.29, 0.717) is 0 Å². The number of hydrogen-bond donors (Lipinski definition) is 1. The molecule has 1 aromatic heterocycles. The summed E-state index contributed by atoms with van der Waals surface area (Å²) in [6, 6.07) is 14.6. The predicted octanol–water partition coefficient (Wildman–Crippen LogP) is 2.89. The minimum atomic E-state index is 0.793. The quantitative estimate of drug-likeness (QED) is 0.798. The van der Waals surface area contributed by atoms with Crippen LogP contribution in [0.2, 0.25) is 0 Å². The normalized spacial score (nSPS) is 10.6. The average molecular weight is 279 g/mol. The molecule has 0 aliphatic rings. The maximum atomic E-state index is 3.91. The van der Waals surface area contributed by atoms with Crippen molar-refractivity contribution in [2.24, 2.45) is 0 Å². The first kappa shape index (κ1) is 13.3. The van der Waals surface area contributed by atoms with Crippen LogP contribution in [-0.2, 0) is 6.54 Å². The van der Waals surface area contributed by atoms with E-state index in [-0.39, 0.29) is 0 Å². The van der Waals surface area contributed by atoms with E-state index in [1.54, 1.807) is 11.0 Å². The summed E-state index contributed by atoms with van der Waals surface area (Å²) in [5.41, 5.74) is 5.76. The fourth-order valence-corrected chi connectivity index (χ4v) is 2.24. The fraction of sp³-hybridized carbons (Fsp3) is 0.188. The smallest absolute Gasteiger partial charge is 0.143 e. The molecule has 0 radical (unpaired) electrons. The number of rotatable bonds is 4. The van der Waals surface area contributed by atoms with Crippen LogP contribution in [0.5, 0.6) is 0 Å². The van der Waals surface area contributed by atoms with E-state index in [1.165, 1.54) is 16.7 Å². The van der Waals surface area contributed by atoms with Crippen molar-refractivity contribution in [1.82, 2.24) is 20.2 Å². The molecule has 0 unspecified atom stereocenters. The molecule has 1 N–H and O–H groups in total. The van der Waals surface area contributed by atoms with Gasteiger partial charge in [-0.3, -0.25) is 0 Å². The molecule has 106 valence electrons. The Morgan fingerprint density at radius 2 is 2.00 bits per heavy atom. The first-order chi connectivity index (χ1) is 10.2. The van der Waals surface area contributed by atoms with Gasteiger partial charge in [0.05, 0.1) is 5.69 Å². The van der Waals surface area contributed by atoms with Gasteiger partial charge < -0.3 is 5.32 Å². The van der Waals surface area contributed by atoms with Crippen molar-refractivity contribution in [3.8, 4) is 5.69 Å². The molecule has 0 spiro atoms. The molecule has 5 heteroatoms. The number of aryl methyl sites for hydroxylation is 2. The van der Waals surface area contributed by atoms with Crippen molar-refractivity contribution in [2.75, 3.05) is 5.32 Å². The highest BCUT2D eigenvalue weighted by Crippen LogP contribution is 2.19. The van der Waals surface area contributed by atoms with Crippen LogP contribution in [-0.4, -0.2) is 20.2 Å². The Balaban J connectivity index is 1.80. The predicted molar refractivity (Wildman–Crippen MR) is 82.4 cm³/mol. The van der Waals surface area contributed by atoms with Crippen LogP contribution in [0, 0.1) is 13.8 Å². The lowest BCUT2D eigenvalue weighted by atomic mass is 10.1. The van der Waals surface area contributed by atoms with Crippen molar-refractivity contribution in [3.05, 3.63) is 65.5 Å². The molecule has 0 atom stereocenters. The third kappa shape index (κ3) is 3.08. The molecule has 0 saturated heterocycles. The molecule has 0 fully saturated rings. The molecule has 0 aliphatic heterocycles. The summed E-state index contributed by atoms with van der Waals surface area (Å²) >= 11 is 0. The minimum absolute atomic E-state index is 0.793. The van der Waals surface area contributed by atoms with Gasteiger partial charge in [0.15, 0.2) is 0 Å². The molecular formula is C16H17N5. The van der Waals surface area contributed by atoms with Crippen molar-refractivity contribution in [1.29, 1.82) is 0 Å². The van der Waals surface area contributed by atoms with Gasteiger partial charge in [-0.05, 0) is 47.5 Å². The Bertz CT molecular complexity index is 734. The summed E-state index contributed by atoms with van der Waals surface area (Å²) < 4.78 is 1.65. The summed E-state index contributed by atoms with van der Waals surface area (Å²) in [6.07, 6.45) is 1.59. The van der Waals surface area contributed by atoms with Crippen LogP contribution in [0.15, 0.2) is 48.8 Å². The van der Waals surface area contributed by atoms with Gasteiger partial charge in [0, 0.05) is 12.2 Å². The number of anilines is 1. The second kappa shape index (κ2) is 5.75. The van der Waals surface area contributed by atoms with Gasteiger partial charge in [-0.25, -0.2) is 4.68 Å². The second-order valence-electron chi connectivity index (χ2n) is 5.10. The summed E-state index contributed by atoms with van der Waals surface area (Å²) in [5, 5.41) is 14.7. The van der Waals surface area contributed by atoms with Gasteiger partial charge in [-0.15, -0.1) is 5.10 Å². The summed E-state index contributed by atoms with van der Waals surface area (Å²) in [6.45, 7) is 4.98. The molecule has 0 amide bonds. The highest BCUT2D eigenvalue weighted by atomic mass is 15.5. The molecular weight excluding hydrogens is 262 g/mol. The van der Waals surface area contributed by atoms with E-state index in [0.717, 1.165) is 17.9 Å². The van der Waals surface area contributed by atoms with E-state index >= 15 is 0 Å². The van der Waals surface area contributed by atoms with Crippen molar-refractivity contribution >= 4 is 5.69 Å². The van der Waals surface area contributed by atoms with Crippen molar-refractivity contribution in [3.63, 3.8) is 0 Å². The van der Waals surface area contributed by atoms with E-state index in [9.17, 15) is 0 Å². The molecule has 2 aromatic carbocycles. The number of aromatic nitrogens is 4. The first-order valence-electron chi connectivity index (χ1n) is 6.86. The van der Waals surface area contributed by atoms with Crippen LogP contribution >= 0.6 is 0 Å². The van der Waals surface area contributed by atoms with Crippen LogP contribution in [0.3, 0.4) is 0 Å². The monoisotopic (exact) mass is 279 g/mol. The maximum absolute atomic E-state index is 3.91. The summed E-state index contributed by atoms with van der Waals surface area (Å²) in [5.74, 6) is 0. The van der Waals surface area contributed by atoms with E-state index in [1.807, 2.05) is 6.07 Å². The molecule has 3 rings (SSSR count). The number of benzene rings is 2. The zero-order valence-electron chi connectivity index (χ0n) is 12.1. The SMILES string of the molecule is Cc1cccc(CNc2cc(-n3cnnn3)ccc2C)c1. The molecule has 0 bridgehead atoms. The Morgan fingerprint density at radius 3 is 2.76 bits per heavy atom. The number of nitrogens with one attached hydrogen (secondary N) is 1. The largest absolute Gasteiger partial charge is 0.381 e. The maximum Gasteiger partial charge on any atom is 0.143 e. The van der Waals surface area contributed by atoms with Crippen LogP contribution in [0.25, 0.3) is 5.69 Å². The average Bonchev–Trinajstić information content (AvgIpc) is 3.01. The second-order valence-corrected chi connectivity index (χ2v) is 5.10. The van der Waals surface area contributed by atoms with Crippen molar-refractivity contribution < 1.29 is 0 Å². The first-order valence-corrected chi connectivity index (χ1v) is 6.86. The zero-order chi connectivity index (χ0) is 14.7. The molecule has 5 nitrogen and oxygen atoms in total. The summed E-state index contributed by atoms with van der Waals surface area (Å²) in [7, 11) is 0. The Morgan fingerprint density at radius 1 is 1.10 bits per heavy atom. The molecule has 3 aromatic rings. The molecule has 0 saturated carbocycles. The highest BCUT2D eigenvalue weighted by Gasteiger charge is 2.03. The lowest BCUT2D eigenvalue weighted by molar-refractivity contribution is 0.789. The minimum Gasteiger partial charge on any atom is -0.381 e. The zero-order valence-corrected chi connectivity index (χ0v) is 12.1. The van der Waals surface area contributed by atoms with Gasteiger partial charge >= 0.3 is 0 Å². The van der Waals surface area contributed by atoms with Crippen LogP contribution in [0.1, 0.15) is 16.7 Å². The van der Waals surface area contributed by atoms with Gasteiger partial charge in [0.2, 0.25) is 0 Å². The third-order valence-corrected chi connectivity index (χ3v) is 3.40. The van der Waals surface area contributed by atoms with Gasteiger partial charge in [-0.2, -0.15) is 0 Å². The Kier molecular flexibility index (Phi) is 3.64. The van der Waals surface area contributed by atoms with E-state index in [4.69, 9.17) is 0 Å².